The first-order valence-corrected chi connectivity index (χ1v) is 5.91. The van der Waals surface area contributed by atoms with Crippen molar-refractivity contribution in [3.63, 3.8) is 0 Å². The van der Waals surface area contributed by atoms with Gasteiger partial charge in [0.1, 0.15) is 0 Å². The highest BCUT2D eigenvalue weighted by atomic mass is 32.2. The second-order valence-electron chi connectivity index (χ2n) is 3.01. The van der Waals surface area contributed by atoms with E-state index in [0.717, 1.165) is 6.26 Å². The van der Waals surface area contributed by atoms with Gasteiger partial charge in [0.05, 0.1) is 12.9 Å². The third-order valence-electron chi connectivity index (χ3n) is 1.67. The van der Waals surface area contributed by atoms with Crippen molar-refractivity contribution in [1.29, 1.82) is 0 Å². The number of hydrogen-bond donors (Lipinski definition) is 0. The second kappa shape index (κ2) is 4.67. The van der Waals surface area contributed by atoms with Gasteiger partial charge in [-0.1, -0.05) is 24.3 Å². The van der Waals surface area contributed by atoms with Gasteiger partial charge in [-0.2, -0.15) is 8.42 Å². The molecule has 0 heterocycles. The lowest BCUT2D eigenvalue weighted by Crippen LogP contribution is -2.02. The topological polar surface area (TPSA) is 43.4 Å². The monoisotopic (exact) mass is 236 g/mol. The molecule has 15 heavy (non-hydrogen) atoms. The van der Waals surface area contributed by atoms with Crippen LogP contribution < -0.4 is 0 Å². The quantitative estimate of drug-likeness (QED) is 0.752. The molecule has 0 amide bonds. The molecule has 0 saturated heterocycles. The summed E-state index contributed by atoms with van der Waals surface area (Å²) >= 11 is 0. The Kier molecular flexibility index (Phi) is 3.76. The van der Waals surface area contributed by atoms with Crippen LogP contribution in [-0.2, 0) is 20.9 Å². The molecule has 0 aliphatic rings. The van der Waals surface area contributed by atoms with Gasteiger partial charge in [-0.15, -0.1) is 0 Å². The molecular formula is C9H10F2O3S. The minimum Gasteiger partial charge on any atom is -0.265 e. The van der Waals surface area contributed by atoms with Crippen molar-refractivity contribution in [3.8, 4) is 0 Å². The van der Waals surface area contributed by atoms with Crippen molar-refractivity contribution in [2.75, 3.05) is 6.26 Å². The van der Waals surface area contributed by atoms with Gasteiger partial charge in [0, 0.05) is 5.56 Å². The molecule has 1 aromatic carbocycles. The van der Waals surface area contributed by atoms with Crippen LogP contribution in [0, 0.1) is 0 Å². The first-order chi connectivity index (χ1) is 6.88. The predicted octanol–water partition coefficient (Wildman–Crippen LogP) is 2.10. The van der Waals surface area contributed by atoms with Gasteiger partial charge in [-0.05, 0) is 5.56 Å². The molecule has 6 heteroatoms. The van der Waals surface area contributed by atoms with Crippen molar-refractivity contribution in [2.45, 2.75) is 13.0 Å². The summed E-state index contributed by atoms with van der Waals surface area (Å²) in [5.74, 6) is 0. The number of benzene rings is 1. The summed E-state index contributed by atoms with van der Waals surface area (Å²) in [5.41, 5.74) is 0.433. The Morgan fingerprint density at radius 2 is 1.80 bits per heavy atom. The summed E-state index contributed by atoms with van der Waals surface area (Å²) < 4.78 is 50.1. The third kappa shape index (κ3) is 4.35. The van der Waals surface area contributed by atoms with Crippen LogP contribution in [-0.4, -0.2) is 14.7 Å². The minimum absolute atomic E-state index is 0.0990. The van der Waals surface area contributed by atoms with Crippen molar-refractivity contribution in [1.82, 2.24) is 0 Å². The second-order valence-corrected chi connectivity index (χ2v) is 4.65. The number of alkyl halides is 2. The summed E-state index contributed by atoms with van der Waals surface area (Å²) in [6.45, 7) is -0.137. The van der Waals surface area contributed by atoms with Crippen molar-refractivity contribution in [3.05, 3.63) is 35.4 Å². The van der Waals surface area contributed by atoms with Gasteiger partial charge in [0.15, 0.2) is 0 Å². The molecule has 1 aromatic rings. The van der Waals surface area contributed by atoms with E-state index in [-0.39, 0.29) is 12.2 Å². The number of rotatable bonds is 4. The lowest BCUT2D eigenvalue weighted by Gasteiger charge is -2.03. The maximum atomic E-state index is 12.1. The molecular weight excluding hydrogens is 226 g/mol. The smallest absolute Gasteiger partial charge is 0.264 e. The van der Waals surface area contributed by atoms with Crippen LogP contribution in [0.2, 0.25) is 0 Å². The van der Waals surface area contributed by atoms with E-state index in [9.17, 15) is 17.2 Å². The zero-order valence-electron chi connectivity index (χ0n) is 7.98. The molecule has 0 N–H and O–H groups in total. The van der Waals surface area contributed by atoms with Crippen LogP contribution in [0.25, 0.3) is 0 Å². The Balaban J connectivity index is 2.65. The van der Waals surface area contributed by atoms with Gasteiger partial charge in [-0.25, -0.2) is 8.78 Å². The lowest BCUT2D eigenvalue weighted by atomic mass is 10.1. The van der Waals surface area contributed by atoms with E-state index in [1.165, 1.54) is 24.3 Å². The highest BCUT2D eigenvalue weighted by molar-refractivity contribution is 7.85. The van der Waals surface area contributed by atoms with Crippen molar-refractivity contribution < 1.29 is 21.4 Å². The molecule has 0 bridgehead atoms. The van der Waals surface area contributed by atoms with Crippen LogP contribution in [0.3, 0.4) is 0 Å². The van der Waals surface area contributed by atoms with Gasteiger partial charge in [-0.3, -0.25) is 4.18 Å². The summed E-state index contributed by atoms with van der Waals surface area (Å²) in [4.78, 5) is 0. The van der Waals surface area contributed by atoms with Crippen LogP contribution in [0.1, 0.15) is 17.6 Å². The molecule has 0 atom stereocenters. The van der Waals surface area contributed by atoms with E-state index < -0.39 is 16.5 Å². The minimum atomic E-state index is -3.50. The highest BCUT2D eigenvalue weighted by Gasteiger charge is 2.07. The molecule has 1 rings (SSSR count). The average molecular weight is 236 g/mol. The first-order valence-electron chi connectivity index (χ1n) is 4.10. The average Bonchev–Trinajstić information content (AvgIpc) is 2.14. The molecule has 0 fully saturated rings. The van der Waals surface area contributed by atoms with Crippen LogP contribution in [0.15, 0.2) is 24.3 Å². The van der Waals surface area contributed by atoms with Gasteiger partial charge < -0.3 is 0 Å². The van der Waals surface area contributed by atoms with Gasteiger partial charge >= 0.3 is 0 Å². The third-order valence-corrected chi connectivity index (χ3v) is 2.22. The maximum absolute atomic E-state index is 12.1. The fraction of sp³-hybridized carbons (Fsp3) is 0.333. The summed E-state index contributed by atoms with van der Waals surface area (Å²) in [7, 11) is -3.50. The van der Waals surface area contributed by atoms with Gasteiger partial charge in [0.25, 0.3) is 16.5 Å². The Hall–Kier alpha value is -1.01. The predicted molar refractivity (Wildman–Crippen MR) is 51.0 cm³/mol. The summed E-state index contributed by atoms with van der Waals surface area (Å²) in [6, 6.07) is 5.30. The van der Waals surface area contributed by atoms with E-state index in [0.29, 0.717) is 5.56 Å². The highest BCUT2D eigenvalue weighted by Crippen LogP contribution is 2.18. The molecule has 0 aromatic heterocycles. The summed E-state index contributed by atoms with van der Waals surface area (Å²) in [6.07, 6.45) is -1.59. The molecule has 3 nitrogen and oxygen atoms in total. The molecule has 0 aliphatic carbocycles. The summed E-state index contributed by atoms with van der Waals surface area (Å²) in [5, 5.41) is 0. The molecule has 0 saturated carbocycles. The van der Waals surface area contributed by atoms with E-state index in [1.54, 1.807) is 0 Å². The van der Waals surface area contributed by atoms with E-state index in [1.807, 2.05) is 0 Å². The van der Waals surface area contributed by atoms with E-state index >= 15 is 0 Å². The Morgan fingerprint density at radius 1 is 1.27 bits per heavy atom. The maximum Gasteiger partial charge on any atom is 0.264 e. The molecule has 0 spiro atoms. The number of hydrogen-bond acceptors (Lipinski definition) is 3. The first kappa shape index (κ1) is 12.1. The molecule has 0 unspecified atom stereocenters. The fourth-order valence-electron chi connectivity index (χ4n) is 0.934. The zero-order chi connectivity index (χ0) is 11.5. The normalized spacial score (nSPS) is 12.0. The van der Waals surface area contributed by atoms with E-state index in [2.05, 4.69) is 4.18 Å². The van der Waals surface area contributed by atoms with Crippen molar-refractivity contribution >= 4 is 10.1 Å². The van der Waals surface area contributed by atoms with Crippen LogP contribution in [0.4, 0.5) is 8.78 Å². The molecule has 0 aliphatic heterocycles. The Labute approximate surface area is 86.8 Å². The fourth-order valence-corrected chi connectivity index (χ4v) is 1.28. The zero-order valence-corrected chi connectivity index (χ0v) is 8.80. The van der Waals surface area contributed by atoms with E-state index in [4.69, 9.17) is 0 Å². The van der Waals surface area contributed by atoms with Crippen molar-refractivity contribution in [2.24, 2.45) is 0 Å². The molecule has 0 radical (unpaired) electrons. The molecule has 84 valence electrons. The van der Waals surface area contributed by atoms with Crippen LogP contribution in [0.5, 0.6) is 0 Å². The SMILES string of the molecule is CS(=O)(=O)OCc1ccc(C(F)F)cc1. The lowest BCUT2D eigenvalue weighted by molar-refractivity contribution is 0.151. The number of halogens is 2. The Morgan fingerprint density at radius 3 is 2.20 bits per heavy atom. The largest absolute Gasteiger partial charge is 0.265 e. The van der Waals surface area contributed by atoms with Crippen LogP contribution >= 0.6 is 0 Å². The standard InChI is InChI=1S/C9H10F2O3S/c1-15(12,13)14-6-7-2-4-8(5-3-7)9(10)11/h2-5,9H,6H2,1H3. The van der Waals surface area contributed by atoms with Gasteiger partial charge in [0.2, 0.25) is 0 Å². The Bertz CT molecular complexity index is 411.